The molecule has 1 aromatic rings. The Morgan fingerprint density at radius 2 is 2.24 bits per heavy atom. The number of primary amides is 1. The van der Waals surface area contributed by atoms with Crippen LogP contribution in [0.4, 0.5) is 0 Å². The van der Waals surface area contributed by atoms with Gasteiger partial charge in [0.2, 0.25) is 5.91 Å². The Labute approximate surface area is 126 Å². The van der Waals surface area contributed by atoms with Crippen molar-refractivity contribution in [3.8, 4) is 5.75 Å². The molecule has 0 radical (unpaired) electrons. The molecule has 0 fully saturated rings. The molecule has 21 heavy (non-hydrogen) atoms. The fourth-order valence-corrected chi connectivity index (χ4v) is 2.60. The van der Waals surface area contributed by atoms with Gasteiger partial charge in [0, 0.05) is 18.7 Å². The van der Waals surface area contributed by atoms with E-state index < -0.39 is 5.54 Å². The monoisotopic (exact) mass is 291 g/mol. The van der Waals surface area contributed by atoms with Crippen LogP contribution in [0.2, 0.25) is 0 Å². The van der Waals surface area contributed by atoms with Crippen LogP contribution in [0.25, 0.3) is 0 Å². The minimum absolute atomic E-state index is 0.297. The lowest BCUT2D eigenvalue weighted by Crippen LogP contribution is -2.51. The second kappa shape index (κ2) is 6.91. The molecule has 1 aromatic carbocycles. The summed E-state index contributed by atoms with van der Waals surface area (Å²) in [7, 11) is 1.78. The van der Waals surface area contributed by atoms with Crippen LogP contribution in [0.3, 0.4) is 0 Å². The highest BCUT2D eigenvalue weighted by molar-refractivity contribution is 5.84. The first-order valence-corrected chi connectivity index (χ1v) is 7.47. The number of ether oxygens (including phenoxy) is 1. The summed E-state index contributed by atoms with van der Waals surface area (Å²) in [4.78, 5) is 13.8. The van der Waals surface area contributed by atoms with E-state index in [1.807, 2.05) is 25.1 Å². The second-order valence-corrected chi connectivity index (χ2v) is 5.78. The number of nitrogens with two attached hydrogens (primary N) is 1. The fourth-order valence-electron chi connectivity index (χ4n) is 2.60. The Balaban J connectivity index is 1.88. The third-order valence-corrected chi connectivity index (χ3v) is 4.28. The number of nitrogens with zero attached hydrogens (tertiary/aromatic N) is 1. The van der Waals surface area contributed by atoms with E-state index in [4.69, 9.17) is 10.5 Å². The van der Waals surface area contributed by atoms with Gasteiger partial charge in [-0.3, -0.25) is 9.69 Å². The Hall–Kier alpha value is -1.59. The predicted octanol–water partition coefficient (Wildman–Crippen LogP) is 1.12. The lowest BCUT2D eigenvalue weighted by atomic mass is 9.95. The zero-order valence-corrected chi connectivity index (χ0v) is 12.9. The molecule has 5 nitrogen and oxygen atoms in total. The Bertz CT molecular complexity index is 492. The normalized spacial score (nSPS) is 18.2. The molecule has 3 N–H and O–H groups in total. The minimum Gasteiger partial charge on any atom is -0.492 e. The van der Waals surface area contributed by atoms with Crippen molar-refractivity contribution in [2.75, 3.05) is 26.7 Å². The first-order chi connectivity index (χ1) is 10.0. The van der Waals surface area contributed by atoms with Crippen LogP contribution in [0.5, 0.6) is 5.75 Å². The molecular weight excluding hydrogens is 266 g/mol. The number of para-hydroxylation sites is 1. The van der Waals surface area contributed by atoms with Crippen LogP contribution in [0, 0.1) is 0 Å². The predicted molar refractivity (Wildman–Crippen MR) is 83.1 cm³/mol. The highest BCUT2D eigenvalue weighted by Gasteiger charge is 2.28. The van der Waals surface area contributed by atoms with Crippen LogP contribution in [0.1, 0.15) is 25.3 Å². The molecule has 116 valence electrons. The quantitative estimate of drug-likeness (QED) is 0.824. The Morgan fingerprint density at radius 3 is 2.95 bits per heavy atom. The minimum atomic E-state index is -0.625. The molecule has 1 amide bonds. The number of benzene rings is 1. The summed E-state index contributed by atoms with van der Waals surface area (Å²) in [5.74, 6) is 0.687. The van der Waals surface area contributed by atoms with Crippen molar-refractivity contribution in [3.05, 3.63) is 29.8 Å². The maximum absolute atomic E-state index is 11.5. The maximum Gasteiger partial charge on any atom is 0.237 e. The van der Waals surface area contributed by atoms with Gasteiger partial charge in [-0.2, -0.15) is 0 Å². The zero-order valence-electron chi connectivity index (χ0n) is 12.9. The van der Waals surface area contributed by atoms with Gasteiger partial charge in [-0.25, -0.2) is 0 Å². The average Bonchev–Trinajstić information content (AvgIpc) is 2.68. The third kappa shape index (κ3) is 3.95. The van der Waals surface area contributed by atoms with E-state index >= 15 is 0 Å². The smallest absolute Gasteiger partial charge is 0.237 e. The topological polar surface area (TPSA) is 67.6 Å². The molecule has 0 aliphatic carbocycles. The number of carbonyl (C=O) groups excluding carboxylic acids is 1. The van der Waals surface area contributed by atoms with Gasteiger partial charge >= 0.3 is 0 Å². The molecule has 0 aromatic heterocycles. The van der Waals surface area contributed by atoms with Gasteiger partial charge in [0.05, 0.1) is 5.54 Å². The number of carbonyl (C=O) groups is 1. The number of likely N-dealkylation sites (N-methyl/N-ethyl adjacent to an activating group) is 1. The maximum atomic E-state index is 11.5. The van der Waals surface area contributed by atoms with Crippen LogP contribution in [0.15, 0.2) is 24.3 Å². The van der Waals surface area contributed by atoms with E-state index in [0.717, 1.165) is 38.2 Å². The van der Waals surface area contributed by atoms with Crippen molar-refractivity contribution >= 4 is 5.91 Å². The molecule has 1 aliphatic heterocycles. The standard InChI is InChI=1S/C16H25N3O2/c1-16(18-2,15(17)20)8-5-9-19-10-11-21-14-7-4-3-6-13(14)12-19/h3-4,6-7,18H,5,8-12H2,1-2H3,(H2,17,20). The number of hydrogen-bond donors (Lipinski definition) is 2. The van der Waals surface area contributed by atoms with Gasteiger partial charge in [-0.15, -0.1) is 0 Å². The SMILES string of the molecule is CNC(C)(CCCN1CCOc2ccccc2C1)C(N)=O. The van der Waals surface area contributed by atoms with Crippen molar-refractivity contribution in [3.63, 3.8) is 0 Å². The Morgan fingerprint density at radius 1 is 1.48 bits per heavy atom. The summed E-state index contributed by atoms with van der Waals surface area (Å²) in [5, 5.41) is 3.03. The van der Waals surface area contributed by atoms with E-state index in [1.165, 1.54) is 5.56 Å². The molecule has 1 atom stereocenters. The molecule has 1 unspecified atom stereocenters. The average molecular weight is 291 g/mol. The van der Waals surface area contributed by atoms with Crippen molar-refractivity contribution in [2.45, 2.75) is 31.8 Å². The van der Waals surface area contributed by atoms with Crippen LogP contribution < -0.4 is 15.8 Å². The molecule has 2 rings (SSSR count). The first kappa shape index (κ1) is 15.8. The van der Waals surface area contributed by atoms with Crippen molar-refractivity contribution in [1.29, 1.82) is 0 Å². The summed E-state index contributed by atoms with van der Waals surface area (Å²) in [6.45, 7) is 5.29. The molecular formula is C16H25N3O2. The molecule has 1 aliphatic rings. The van der Waals surface area contributed by atoms with Gasteiger partial charge < -0.3 is 15.8 Å². The lowest BCUT2D eigenvalue weighted by molar-refractivity contribution is -0.123. The van der Waals surface area contributed by atoms with Crippen molar-refractivity contribution < 1.29 is 9.53 Å². The number of nitrogens with one attached hydrogen (secondary N) is 1. The zero-order chi connectivity index (χ0) is 15.3. The molecule has 0 bridgehead atoms. The summed E-state index contributed by atoms with van der Waals surface area (Å²) in [6, 6.07) is 8.16. The van der Waals surface area contributed by atoms with Gasteiger partial charge in [-0.05, 0) is 39.4 Å². The molecule has 1 heterocycles. The lowest BCUT2D eigenvalue weighted by Gasteiger charge is -2.27. The number of fused-ring (bicyclic) bond motifs is 1. The van der Waals surface area contributed by atoms with Crippen LogP contribution >= 0.6 is 0 Å². The van der Waals surface area contributed by atoms with Gasteiger partial charge in [-0.1, -0.05) is 18.2 Å². The van der Waals surface area contributed by atoms with E-state index in [9.17, 15) is 4.79 Å². The molecule has 0 saturated carbocycles. The van der Waals surface area contributed by atoms with Gasteiger partial charge in [0.25, 0.3) is 0 Å². The van der Waals surface area contributed by atoms with Gasteiger partial charge in [0.1, 0.15) is 12.4 Å². The highest BCUT2D eigenvalue weighted by Crippen LogP contribution is 2.23. The molecule has 0 spiro atoms. The van der Waals surface area contributed by atoms with E-state index in [0.29, 0.717) is 6.61 Å². The van der Waals surface area contributed by atoms with E-state index in [-0.39, 0.29) is 5.91 Å². The molecule has 0 saturated heterocycles. The third-order valence-electron chi connectivity index (χ3n) is 4.28. The first-order valence-electron chi connectivity index (χ1n) is 7.47. The fraction of sp³-hybridized carbons (Fsp3) is 0.562. The molecule has 5 heteroatoms. The summed E-state index contributed by atoms with van der Waals surface area (Å²) in [5.41, 5.74) is 6.05. The van der Waals surface area contributed by atoms with E-state index in [1.54, 1.807) is 7.05 Å². The number of rotatable bonds is 6. The number of amides is 1. The Kier molecular flexibility index (Phi) is 5.20. The van der Waals surface area contributed by atoms with Gasteiger partial charge in [0.15, 0.2) is 0 Å². The summed E-state index contributed by atoms with van der Waals surface area (Å²) >= 11 is 0. The van der Waals surface area contributed by atoms with Crippen LogP contribution in [-0.4, -0.2) is 43.1 Å². The highest BCUT2D eigenvalue weighted by atomic mass is 16.5. The summed E-state index contributed by atoms with van der Waals surface area (Å²) < 4.78 is 5.76. The summed E-state index contributed by atoms with van der Waals surface area (Å²) in [6.07, 6.45) is 1.65. The number of hydrogen-bond acceptors (Lipinski definition) is 4. The van der Waals surface area contributed by atoms with Crippen molar-refractivity contribution in [2.24, 2.45) is 5.73 Å². The second-order valence-electron chi connectivity index (χ2n) is 5.78. The van der Waals surface area contributed by atoms with E-state index in [2.05, 4.69) is 16.3 Å². The van der Waals surface area contributed by atoms with Crippen LogP contribution in [-0.2, 0) is 11.3 Å². The van der Waals surface area contributed by atoms with Crippen molar-refractivity contribution in [1.82, 2.24) is 10.2 Å². The largest absolute Gasteiger partial charge is 0.492 e.